The van der Waals surface area contributed by atoms with E-state index in [-0.39, 0.29) is 5.82 Å². The van der Waals surface area contributed by atoms with E-state index >= 15 is 0 Å². The second kappa shape index (κ2) is 6.05. The molecule has 104 valence electrons. The van der Waals surface area contributed by atoms with Crippen LogP contribution in [0.5, 0.6) is 0 Å². The predicted molar refractivity (Wildman–Crippen MR) is 81.1 cm³/mol. The minimum atomic E-state index is -0.451. The molecule has 0 unspecified atom stereocenters. The number of primary amides is 1. The Balaban J connectivity index is 2.15. The molecule has 2 rings (SSSR count). The largest absolute Gasteiger partial charge is 0.381 e. The molecule has 2 aromatic carbocycles. The molecule has 5 heteroatoms. The molecule has 0 aliphatic rings. The van der Waals surface area contributed by atoms with Gasteiger partial charge >= 0.3 is 0 Å². The normalized spacial score (nSPS) is 10.3. The molecule has 20 heavy (non-hydrogen) atoms. The van der Waals surface area contributed by atoms with Crippen molar-refractivity contribution in [2.24, 2.45) is 5.73 Å². The van der Waals surface area contributed by atoms with Gasteiger partial charge in [0.1, 0.15) is 5.82 Å². The van der Waals surface area contributed by atoms with Gasteiger partial charge in [-0.15, -0.1) is 0 Å². The maximum atomic E-state index is 13.3. The molecule has 0 atom stereocenters. The first kappa shape index (κ1) is 14.5. The van der Waals surface area contributed by atoms with Crippen LogP contribution in [0, 0.1) is 12.7 Å². The van der Waals surface area contributed by atoms with E-state index in [2.05, 4.69) is 21.2 Å². The van der Waals surface area contributed by atoms with E-state index < -0.39 is 5.91 Å². The molecule has 1 amide bonds. The number of halogens is 2. The highest BCUT2D eigenvalue weighted by Gasteiger charge is 2.06. The second-order valence-corrected chi connectivity index (χ2v) is 5.35. The second-order valence-electron chi connectivity index (χ2n) is 4.50. The molecule has 3 nitrogen and oxygen atoms in total. The van der Waals surface area contributed by atoms with Crippen molar-refractivity contribution in [1.29, 1.82) is 0 Å². The molecule has 0 aromatic heterocycles. The summed E-state index contributed by atoms with van der Waals surface area (Å²) in [5.74, 6) is -0.740. The Hall–Kier alpha value is -1.88. The number of aryl methyl sites for hydroxylation is 1. The monoisotopic (exact) mass is 336 g/mol. The van der Waals surface area contributed by atoms with E-state index in [0.29, 0.717) is 16.6 Å². The van der Waals surface area contributed by atoms with E-state index in [9.17, 15) is 9.18 Å². The average Bonchev–Trinajstić information content (AvgIpc) is 2.41. The lowest BCUT2D eigenvalue weighted by Gasteiger charge is -2.11. The summed E-state index contributed by atoms with van der Waals surface area (Å²) in [4.78, 5) is 11.1. The number of nitrogens with one attached hydrogen (secondary N) is 1. The summed E-state index contributed by atoms with van der Waals surface area (Å²) in [6.07, 6.45) is 0. The number of hydrogen-bond acceptors (Lipinski definition) is 2. The number of benzene rings is 2. The zero-order valence-electron chi connectivity index (χ0n) is 10.9. The smallest absolute Gasteiger partial charge is 0.248 e. The molecule has 0 saturated carbocycles. The van der Waals surface area contributed by atoms with Gasteiger partial charge in [0.25, 0.3) is 0 Å². The highest BCUT2D eigenvalue weighted by molar-refractivity contribution is 9.10. The number of hydrogen-bond donors (Lipinski definition) is 2. The van der Waals surface area contributed by atoms with Crippen molar-refractivity contribution >= 4 is 27.5 Å². The molecule has 3 N–H and O–H groups in total. The Morgan fingerprint density at radius 1 is 1.35 bits per heavy atom. The first-order valence-electron chi connectivity index (χ1n) is 6.05. The van der Waals surface area contributed by atoms with Crippen LogP contribution in [0.2, 0.25) is 0 Å². The van der Waals surface area contributed by atoms with Crippen LogP contribution in [-0.4, -0.2) is 5.91 Å². The number of anilines is 1. The number of carbonyl (C=O) groups excluding carboxylic acids is 1. The molecular formula is C15H14BrFN2O. The van der Waals surface area contributed by atoms with Crippen molar-refractivity contribution in [2.75, 3.05) is 5.32 Å². The third-order valence-electron chi connectivity index (χ3n) is 2.96. The fraction of sp³-hybridized carbons (Fsp3) is 0.133. The lowest BCUT2D eigenvalue weighted by Crippen LogP contribution is -2.11. The Labute approximate surface area is 125 Å². The standard InChI is InChI=1S/C15H14BrFN2O/c1-9-5-13(17)12(16)7-14(9)19-8-10-3-2-4-11(6-10)15(18)20/h2-7,19H,8H2,1H3,(H2,18,20). The topological polar surface area (TPSA) is 55.1 Å². The van der Waals surface area contributed by atoms with Crippen molar-refractivity contribution in [1.82, 2.24) is 0 Å². The van der Waals surface area contributed by atoms with Gasteiger partial charge in [-0.25, -0.2) is 4.39 Å². The van der Waals surface area contributed by atoms with Crippen molar-refractivity contribution < 1.29 is 9.18 Å². The molecule has 0 saturated heterocycles. The Kier molecular flexibility index (Phi) is 4.39. The van der Waals surface area contributed by atoms with Gasteiger partial charge in [-0.05, 0) is 58.2 Å². The van der Waals surface area contributed by atoms with Crippen LogP contribution in [0.1, 0.15) is 21.5 Å². The zero-order chi connectivity index (χ0) is 14.7. The van der Waals surface area contributed by atoms with E-state index in [0.717, 1.165) is 16.8 Å². The van der Waals surface area contributed by atoms with E-state index in [1.54, 1.807) is 24.3 Å². The van der Waals surface area contributed by atoms with Crippen LogP contribution < -0.4 is 11.1 Å². The van der Waals surface area contributed by atoms with Crippen LogP contribution in [0.15, 0.2) is 40.9 Å². The van der Waals surface area contributed by atoms with Crippen molar-refractivity contribution in [3.8, 4) is 0 Å². The molecule has 0 aliphatic carbocycles. The summed E-state index contributed by atoms with van der Waals surface area (Å²) in [6, 6.07) is 10.3. The summed E-state index contributed by atoms with van der Waals surface area (Å²) in [5.41, 5.74) is 8.30. The summed E-state index contributed by atoms with van der Waals surface area (Å²) in [6.45, 7) is 2.36. The van der Waals surface area contributed by atoms with Gasteiger partial charge in [0.15, 0.2) is 0 Å². The molecule has 2 aromatic rings. The van der Waals surface area contributed by atoms with Gasteiger partial charge < -0.3 is 11.1 Å². The quantitative estimate of drug-likeness (QED) is 0.896. The number of nitrogens with two attached hydrogens (primary N) is 1. The molecule has 0 heterocycles. The van der Waals surface area contributed by atoms with E-state index in [4.69, 9.17) is 5.73 Å². The fourth-order valence-corrected chi connectivity index (χ4v) is 2.21. The van der Waals surface area contributed by atoms with Crippen LogP contribution >= 0.6 is 15.9 Å². The molecule has 0 bridgehead atoms. The average molecular weight is 337 g/mol. The molecule has 0 radical (unpaired) electrons. The van der Waals surface area contributed by atoms with Gasteiger partial charge in [0.05, 0.1) is 4.47 Å². The minimum absolute atomic E-state index is 0.288. The van der Waals surface area contributed by atoms with Gasteiger partial charge in [-0.1, -0.05) is 12.1 Å². The predicted octanol–water partition coefficient (Wildman–Crippen LogP) is 3.61. The number of rotatable bonds is 4. The van der Waals surface area contributed by atoms with Crippen LogP contribution in [0.4, 0.5) is 10.1 Å². The van der Waals surface area contributed by atoms with Crippen molar-refractivity contribution in [3.63, 3.8) is 0 Å². The van der Waals surface area contributed by atoms with Gasteiger partial charge in [0, 0.05) is 17.8 Å². The molecule has 0 aliphatic heterocycles. The summed E-state index contributed by atoms with van der Waals surface area (Å²) >= 11 is 3.16. The molecular weight excluding hydrogens is 323 g/mol. The van der Waals surface area contributed by atoms with E-state index in [1.807, 2.05) is 13.0 Å². The highest BCUT2D eigenvalue weighted by atomic mass is 79.9. The lowest BCUT2D eigenvalue weighted by atomic mass is 10.1. The van der Waals surface area contributed by atoms with Gasteiger partial charge in [-0.2, -0.15) is 0 Å². The summed E-state index contributed by atoms with van der Waals surface area (Å²) < 4.78 is 13.8. The third-order valence-corrected chi connectivity index (χ3v) is 3.57. The molecule has 0 fully saturated rings. The maximum Gasteiger partial charge on any atom is 0.248 e. The summed E-state index contributed by atoms with van der Waals surface area (Å²) in [5, 5.41) is 3.21. The van der Waals surface area contributed by atoms with Crippen LogP contribution in [0.25, 0.3) is 0 Å². The summed E-state index contributed by atoms with van der Waals surface area (Å²) in [7, 11) is 0. The van der Waals surface area contributed by atoms with Crippen LogP contribution in [-0.2, 0) is 6.54 Å². The zero-order valence-corrected chi connectivity index (χ0v) is 12.5. The van der Waals surface area contributed by atoms with E-state index in [1.165, 1.54) is 6.07 Å². The fourth-order valence-electron chi connectivity index (χ4n) is 1.87. The number of amides is 1. The number of carbonyl (C=O) groups is 1. The SMILES string of the molecule is Cc1cc(F)c(Br)cc1NCc1cccc(C(N)=O)c1. The first-order chi connectivity index (χ1) is 9.47. The Bertz CT molecular complexity index is 658. The minimum Gasteiger partial charge on any atom is -0.381 e. The molecule has 0 spiro atoms. The first-order valence-corrected chi connectivity index (χ1v) is 6.85. The Morgan fingerprint density at radius 3 is 2.80 bits per heavy atom. The van der Waals surface area contributed by atoms with Crippen molar-refractivity contribution in [3.05, 3.63) is 63.4 Å². The van der Waals surface area contributed by atoms with Crippen molar-refractivity contribution in [2.45, 2.75) is 13.5 Å². The lowest BCUT2D eigenvalue weighted by molar-refractivity contribution is 0.1000. The van der Waals surface area contributed by atoms with Crippen LogP contribution in [0.3, 0.4) is 0 Å². The Morgan fingerprint density at radius 2 is 2.10 bits per heavy atom. The maximum absolute atomic E-state index is 13.3. The van der Waals surface area contributed by atoms with Gasteiger partial charge in [-0.3, -0.25) is 4.79 Å². The van der Waals surface area contributed by atoms with Gasteiger partial charge in [0.2, 0.25) is 5.91 Å². The highest BCUT2D eigenvalue weighted by Crippen LogP contribution is 2.24. The third kappa shape index (κ3) is 3.36.